The molecule has 3 rings (SSSR count). The van der Waals surface area contributed by atoms with Gasteiger partial charge in [-0.25, -0.2) is 0 Å². The molecule has 1 amide bonds. The van der Waals surface area contributed by atoms with E-state index in [-0.39, 0.29) is 11.6 Å². The lowest BCUT2D eigenvalue weighted by Gasteiger charge is -2.22. The predicted octanol–water partition coefficient (Wildman–Crippen LogP) is 2.94. The second-order valence-corrected chi connectivity index (χ2v) is 6.21. The number of amides is 1. The number of nitro benzene ring substituents is 1. The third-order valence-electron chi connectivity index (χ3n) is 4.45. The first kappa shape index (κ1) is 17.1. The minimum Gasteiger partial charge on any atom is -0.337 e. The van der Waals surface area contributed by atoms with Gasteiger partial charge in [0.25, 0.3) is 11.6 Å². The Labute approximate surface area is 146 Å². The summed E-state index contributed by atoms with van der Waals surface area (Å²) < 4.78 is 0. The van der Waals surface area contributed by atoms with Gasteiger partial charge in [0.2, 0.25) is 0 Å². The topological polar surface area (TPSA) is 66.7 Å². The maximum absolute atomic E-state index is 12.6. The minimum atomic E-state index is -0.457. The molecule has 0 N–H and O–H groups in total. The van der Waals surface area contributed by atoms with Crippen molar-refractivity contribution in [2.45, 2.75) is 13.0 Å². The van der Waals surface area contributed by atoms with Crippen molar-refractivity contribution in [3.63, 3.8) is 0 Å². The molecular formula is C19H21N3O3. The summed E-state index contributed by atoms with van der Waals surface area (Å²) in [7, 11) is 0. The van der Waals surface area contributed by atoms with Crippen LogP contribution in [0.25, 0.3) is 0 Å². The van der Waals surface area contributed by atoms with E-state index in [2.05, 4.69) is 17.0 Å². The van der Waals surface area contributed by atoms with Gasteiger partial charge in [-0.1, -0.05) is 30.3 Å². The number of nitro groups is 1. The predicted molar refractivity (Wildman–Crippen MR) is 95.3 cm³/mol. The fourth-order valence-electron chi connectivity index (χ4n) is 3.08. The standard InChI is InChI=1S/C19H21N3O3/c23-19(17-7-9-18(10-8-17)22(24)25)21-12-4-11-20(13-14-21)15-16-5-2-1-3-6-16/h1-3,5-10H,4,11-15H2. The minimum absolute atomic E-state index is 0.00135. The summed E-state index contributed by atoms with van der Waals surface area (Å²) in [6.45, 7) is 4.05. The van der Waals surface area contributed by atoms with Crippen LogP contribution in [0.3, 0.4) is 0 Å². The van der Waals surface area contributed by atoms with Crippen LogP contribution in [0.4, 0.5) is 5.69 Å². The van der Waals surface area contributed by atoms with E-state index in [1.807, 2.05) is 23.1 Å². The van der Waals surface area contributed by atoms with Crippen LogP contribution in [-0.2, 0) is 6.54 Å². The van der Waals surface area contributed by atoms with Crippen molar-refractivity contribution < 1.29 is 9.72 Å². The Morgan fingerprint density at radius 1 is 0.960 bits per heavy atom. The molecule has 0 aliphatic carbocycles. The van der Waals surface area contributed by atoms with Crippen LogP contribution in [0, 0.1) is 10.1 Å². The van der Waals surface area contributed by atoms with Gasteiger partial charge in [-0.3, -0.25) is 19.8 Å². The van der Waals surface area contributed by atoms with E-state index in [9.17, 15) is 14.9 Å². The Morgan fingerprint density at radius 2 is 1.68 bits per heavy atom. The lowest BCUT2D eigenvalue weighted by atomic mass is 10.2. The van der Waals surface area contributed by atoms with Crippen molar-refractivity contribution in [1.29, 1.82) is 0 Å². The number of hydrogen-bond acceptors (Lipinski definition) is 4. The van der Waals surface area contributed by atoms with Gasteiger partial charge in [-0.05, 0) is 24.1 Å². The van der Waals surface area contributed by atoms with Crippen molar-refractivity contribution in [2.75, 3.05) is 26.2 Å². The zero-order valence-electron chi connectivity index (χ0n) is 14.0. The Bertz CT molecular complexity index is 731. The molecule has 0 aromatic heterocycles. The van der Waals surface area contributed by atoms with Gasteiger partial charge in [0.15, 0.2) is 0 Å². The second kappa shape index (κ2) is 7.90. The fraction of sp³-hybridized carbons (Fsp3) is 0.316. The number of nitrogens with zero attached hydrogens (tertiary/aromatic N) is 3. The summed E-state index contributed by atoms with van der Waals surface area (Å²) >= 11 is 0. The normalized spacial score (nSPS) is 15.6. The zero-order chi connectivity index (χ0) is 17.6. The molecule has 0 saturated carbocycles. The number of hydrogen-bond donors (Lipinski definition) is 0. The monoisotopic (exact) mass is 339 g/mol. The quantitative estimate of drug-likeness (QED) is 0.634. The number of carbonyl (C=O) groups is 1. The highest BCUT2D eigenvalue weighted by atomic mass is 16.6. The highest BCUT2D eigenvalue weighted by Crippen LogP contribution is 2.15. The van der Waals surface area contributed by atoms with E-state index in [0.717, 1.165) is 26.1 Å². The lowest BCUT2D eigenvalue weighted by Crippen LogP contribution is -2.35. The van der Waals surface area contributed by atoms with E-state index < -0.39 is 4.92 Å². The lowest BCUT2D eigenvalue weighted by molar-refractivity contribution is -0.384. The number of non-ortho nitro benzene ring substituents is 1. The van der Waals surface area contributed by atoms with E-state index >= 15 is 0 Å². The van der Waals surface area contributed by atoms with E-state index in [1.165, 1.54) is 29.8 Å². The molecule has 1 fully saturated rings. The van der Waals surface area contributed by atoms with Crippen molar-refractivity contribution in [3.05, 3.63) is 75.8 Å². The van der Waals surface area contributed by atoms with Crippen molar-refractivity contribution in [3.8, 4) is 0 Å². The molecule has 25 heavy (non-hydrogen) atoms. The number of benzene rings is 2. The Kier molecular flexibility index (Phi) is 5.40. The summed E-state index contributed by atoms with van der Waals surface area (Å²) in [5, 5.41) is 10.7. The Balaban J connectivity index is 1.60. The van der Waals surface area contributed by atoms with Crippen LogP contribution >= 0.6 is 0 Å². The third-order valence-corrected chi connectivity index (χ3v) is 4.45. The maximum atomic E-state index is 12.6. The molecule has 0 spiro atoms. The molecule has 1 aliphatic heterocycles. The zero-order valence-corrected chi connectivity index (χ0v) is 14.0. The number of rotatable bonds is 4. The van der Waals surface area contributed by atoms with Crippen molar-refractivity contribution in [2.24, 2.45) is 0 Å². The van der Waals surface area contributed by atoms with Gasteiger partial charge in [0.1, 0.15) is 0 Å². The van der Waals surface area contributed by atoms with Gasteiger partial charge < -0.3 is 4.90 Å². The first-order valence-electron chi connectivity index (χ1n) is 8.43. The Hall–Kier alpha value is -2.73. The van der Waals surface area contributed by atoms with Gasteiger partial charge >= 0.3 is 0 Å². The molecule has 0 unspecified atom stereocenters. The molecule has 130 valence electrons. The van der Waals surface area contributed by atoms with E-state index in [1.54, 1.807) is 0 Å². The smallest absolute Gasteiger partial charge is 0.269 e. The highest BCUT2D eigenvalue weighted by molar-refractivity contribution is 5.94. The van der Waals surface area contributed by atoms with Gasteiger partial charge in [-0.2, -0.15) is 0 Å². The van der Waals surface area contributed by atoms with Gasteiger partial charge in [0, 0.05) is 50.4 Å². The highest BCUT2D eigenvalue weighted by Gasteiger charge is 2.21. The second-order valence-electron chi connectivity index (χ2n) is 6.21. The summed E-state index contributed by atoms with van der Waals surface area (Å²) in [6, 6.07) is 16.2. The molecule has 0 atom stereocenters. The summed E-state index contributed by atoms with van der Waals surface area (Å²) in [5.41, 5.74) is 1.78. The third kappa shape index (κ3) is 4.42. The Morgan fingerprint density at radius 3 is 2.36 bits per heavy atom. The molecule has 1 saturated heterocycles. The summed E-state index contributed by atoms with van der Waals surface area (Å²) in [4.78, 5) is 27.1. The van der Waals surface area contributed by atoms with Crippen LogP contribution in [0.2, 0.25) is 0 Å². The first-order chi connectivity index (χ1) is 12.1. The molecule has 0 bridgehead atoms. The number of carbonyl (C=O) groups excluding carboxylic acids is 1. The molecule has 1 heterocycles. The van der Waals surface area contributed by atoms with Crippen LogP contribution in [0.1, 0.15) is 22.3 Å². The van der Waals surface area contributed by atoms with Crippen LogP contribution in [-0.4, -0.2) is 46.8 Å². The van der Waals surface area contributed by atoms with E-state index in [0.29, 0.717) is 18.7 Å². The van der Waals surface area contributed by atoms with Crippen LogP contribution in [0.15, 0.2) is 54.6 Å². The molecular weight excluding hydrogens is 318 g/mol. The van der Waals surface area contributed by atoms with Crippen LogP contribution < -0.4 is 0 Å². The average molecular weight is 339 g/mol. The summed E-state index contributed by atoms with van der Waals surface area (Å²) in [5.74, 6) is -0.0588. The molecule has 6 heteroatoms. The molecule has 6 nitrogen and oxygen atoms in total. The summed E-state index contributed by atoms with van der Waals surface area (Å²) in [6.07, 6.45) is 0.922. The van der Waals surface area contributed by atoms with Gasteiger partial charge in [0.05, 0.1) is 4.92 Å². The van der Waals surface area contributed by atoms with E-state index in [4.69, 9.17) is 0 Å². The van der Waals surface area contributed by atoms with Crippen molar-refractivity contribution in [1.82, 2.24) is 9.80 Å². The van der Waals surface area contributed by atoms with Crippen LogP contribution in [0.5, 0.6) is 0 Å². The maximum Gasteiger partial charge on any atom is 0.269 e. The molecule has 1 aliphatic rings. The fourth-order valence-corrected chi connectivity index (χ4v) is 3.08. The molecule has 2 aromatic rings. The molecule has 0 radical (unpaired) electrons. The SMILES string of the molecule is O=C(c1ccc([N+](=O)[O-])cc1)N1CCCN(Cc2ccccc2)CC1. The molecule has 2 aromatic carbocycles. The van der Waals surface area contributed by atoms with Gasteiger partial charge in [-0.15, -0.1) is 0 Å². The van der Waals surface area contributed by atoms with Crippen molar-refractivity contribution >= 4 is 11.6 Å². The first-order valence-corrected chi connectivity index (χ1v) is 8.43. The average Bonchev–Trinajstić information content (AvgIpc) is 2.88. The largest absolute Gasteiger partial charge is 0.337 e.